The van der Waals surface area contributed by atoms with Crippen molar-refractivity contribution in [2.75, 3.05) is 0 Å². The standard InChI is InChI=1S/C20H24Cl2O3/c1-4-5-6-10-17(24)25-16-12-20(2,3)11-15(23)19(16)18-13(21)8-7-9-14(18)22/h7-9H,4-6,10-12H2,1-3H3. The minimum absolute atomic E-state index is 0.0948. The molecule has 3 nitrogen and oxygen atoms in total. The van der Waals surface area contributed by atoms with Crippen LogP contribution < -0.4 is 0 Å². The number of carbonyl (C=O) groups is 2. The average Bonchev–Trinajstić information content (AvgIpc) is 2.48. The smallest absolute Gasteiger partial charge is 0.310 e. The molecule has 1 aromatic rings. The van der Waals surface area contributed by atoms with E-state index in [0.717, 1.165) is 19.3 Å². The van der Waals surface area contributed by atoms with Crippen molar-refractivity contribution >= 4 is 40.5 Å². The number of halogens is 2. The third-order valence-electron chi connectivity index (χ3n) is 4.27. The van der Waals surface area contributed by atoms with Crippen molar-refractivity contribution in [3.05, 3.63) is 39.6 Å². The van der Waals surface area contributed by atoms with Gasteiger partial charge in [0.2, 0.25) is 0 Å². The summed E-state index contributed by atoms with van der Waals surface area (Å²) in [6, 6.07) is 5.09. The zero-order valence-corrected chi connectivity index (χ0v) is 16.5. The Bertz CT molecular complexity index is 685. The first-order chi connectivity index (χ1) is 11.7. The van der Waals surface area contributed by atoms with Crippen molar-refractivity contribution in [3.8, 4) is 0 Å². The molecule has 0 heterocycles. The highest BCUT2D eigenvalue weighted by Gasteiger charge is 2.37. The first kappa shape index (κ1) is 20.0. The minimum Gasteiger partial charge on any atom is -0.430 e. The number of hydrogen-bond donors (Lipinski definition) is 0. The molecular weight excluding hydrogens is 359 g/mol. The number of ether oxygens (including phenoxy) is 1. The van der Waals surface area contributed by atoms with E-state index in [0.29, 0.717) is 46.2 Å². The lowest BCUT2D eigenvalue weighted by Crippen LogP contribution is -2.27. The topological polar surface area (TPSA) is 43.4 Å². The molecule has 1 aliphatic carbocycles. The first-order valence-electron chi connectivity index (χ1n) is 8.66. The van der Waals surface area contributed by atoms with E-state index in [1.54, 1.807) is 18.2 Å². The average molecular weight is 383 g/mol. The van der Waals surface area contributed by atoms with Crippen LogP contribution in [0.1, 0.15) is 64.9 Å². The van der Waals surface area contributed by atoms with E-state index in [2.05, 4.69) is 6.92 Å². The lowest BCUT2D eigenvalue weighted by Gasteiger charge is -2.32. The molecule has 0 bridgehead atoms. The van der Waals surface area contributed by atoms with Gasteiger partial charge in [-0.05, 0) is 24.0 Å². The molecule has 0 fully saturated rings. The monoisotopic (exact) mass is 382 g/mol. The maximum absolute atomic E-state index is 12.8. The molecule has 2 rings (SSSR count). The predicted octanol–water partition coefficient (Wildman–Crippen LogP) is 6.22. The molecule has 0 amide bonds. The van der Waals surface area contributed by atoms with E-state index in [-0.39, 0.29) is 17.2 Å². The van der Waals surface area contributed by atoms with Crippen molar-refractivity contribution < 1.29 is 14.3 Å². The van der Waals surface area contributed by atoms with Crippen molar-refractivity contribution in [1.82, 2.24) is 0 Å². The van der Waals surface area contributed by atoms with E-state index in [1.165, 1.54) is 0 Å². The molecule has 25 heavy (non-hydrogen) atoms. The lowest BCUT2D eigenvalue weighted by atomic mass is 9.75. The van der Waals surface area contributed by atoms with Crippen LogP contribution in [0.2, 0.25) is 10.0 Å². The zero-order chi connectivity index (χ0) is 18.6. The molecule has 5 heteroatoms. The lowest BCUT2D eigenvalue weighted by molar-refractivity contribution is -0.140. The van der Waals surface area contributed by atoms with Crippen molar-refractivity contribution in [1.29, 1.82) is 0 Å². The second-order valence-electron chi connectivity index (χ2n) is 7.27. The molecule has 1 aromatic carbocycles. The molecule has 0 N–H and O–H groups in total. The Balaban J connectivity index is 2.42. The molecule has 0 spiro atoms. The SMILES string of the molecule is CCCCCC(=O)OC1=C(c2c(Cl)cccc2Cl)C(=O)CC(C)(C)C1. The highest BCUT2D eigenvalue weighted by atomic mass is 35.5. The molecule has 0 saturated carbocycles. The Kier molecular flexibility index (Phi) is 6.70. The summed E-state index contributed by atoms with van der Waals surface area (Å²) in [4.78, 5) is 25.0. The molecule has 0 saturated heterocycles. The van der Waals surface area contributed by atoms with Crippen LogP contribution in [-0.2, 0) is 14.3 Å². The number of Topliss-reactive ketones (excluding diaryl/α,β-unsaturated/α-hetero) is 1. The maximum Gasteiger partial charge on any atom is 0.310 e. The normalized spacial score (nSPS) is 16.9. The van der Waals surface area contributed by atoms with Crippen LogP contribution >= 0.6 is 23.2 Å². The number of ketones is 1. The fourth-order valence-electron chi connectivity index (χ4n) is 3.07. The van der Waals surface area contributed by atoms with E-state index in [1.807, 2.05) is 13.8 Å². The minimum atomic E-state index is -0.311. The number of esters is 1. The van der Waals surface area contributed by atoms with Gasteiger partial charge in [0.25, 0.3) is 0 Å². The number of unbranched alkanes of at least 4 members (excludes halogenated alkanes) is 2. The van der Waals surface area contributed by atoms with Crippen LogP contribution in [0.5, 0.6) is 0 Å². The van der Waals surface area contributed by atoms with Crippen LogP contribution in [-0.4, -0.2) is 11.8 Å². The Labute approximate surface area is 159 Å². The fourth-order valence-corrected chi connectivity index (χ4v) is 3.66. The summed E-state index contributed by atoms with van der Waals surface area (Å²) in [5.41, 5.74) is 0.536. The zero-order valence-electron chi connectivity index (χ0n) is 15.0. The Morgan fingerprint density at radius 3 is 2.40 bits per heavy atom. The van der Waals surface area contributed by atoms with E-state index < -0.39 is 0 Å². The van der Waals surface area contributed by atoms with Gasteiger partial charge in [0.05, 0.1) is 15.6 Å². The Morgan fingerprint density at radius 1 is 1.16 bits per heavy atom. The van der Waals surface area contributed by atoms with Crippen LogP contribution in [0.4, 0.5) is 0 Å². The number of benzene rings is 1. The van der Waals surface area contributed by atoms with E-state index in [9.17, 15) is 9.59 Å². The summed E-state index contributed by atoms with van der Waals surface area (Å²) < 4.78 is 5.62. The van der Waals surface area contributed by atoms with Crippen LogP contribution in [0.15, 0.2) is 24.0 Å². The maximum atomic E-state index is 12.8. The fraction of sp³-hybridized carbons (Fsp3) is 0.500. The summed E-state index contributed by atoms with van der Waals surface area (Å²) in [6.07, 6.45) is 3.98. The Morgan fingerprint density at radius 2 is 1.80 bits per heavy atom. The van der Waals surface area contributed by atoms with Crippen LogP contribution in [0, 0.1) is 5.41 Å². The van der Waals surface area contributed by atoms with Gasteiger partial charge in [-0.15, -0.1) is 0 Å². The number of hydrogen-bond acceptors (Lipinski definition) is 3. The molecule has 1 aliphatic rings. The summed E-state index contributed by atoms with van der Waals surface area (Å²) in [5.74, 6) is -0.0185. The van der Waals surface area contributed by atoms with Crippen molar-refractivity contribution in [2.45, 2.75) is 59.3 Å². The summed E-state index contributed by atoms with van der Waals surface area (Å²) in [6.45, 7) is 6.05. The number of carbonyl (C=O) groups excluding carboxylic acids is 2. The highest BCUT2D eigenvalue weighted by molar-refractivity contribution is 6.41. The van der Waals surface area contributed by atoms with Gasteiger partial charge in [0, 0.05) is 24.8 Å². The molecule has 136 valence electrons. The van der Waals surface area contributed by atoms with Gasteiger partial charge in [-0.25, -0.2) is 0 Å². The quantitative estimate of drug-likeness (QED) is 0.433. The van der Waals surface area contributed by atoms with E-state index >= 15 is 0 Å². The van der Waals surface area contributed by atoms with Crippen LogP contribution in [0.3, 0.4) is 0 Å². The van der Waals surface area contributed by atoms with Gasteiger partial charge in [-0.3, -0.25) is 9.59 Å². The second kappa shape index (κ2) is 8.37. The van der Waals surface area contributed by atoms with Gasteiger partial charge >= 0.3 is 5.97 Å². The molecule has 0 aromatic heterocycles. The number of rotatable bonds is 6. The largest absolute Gasteiger partial charge is 0.430 e. The van der Waals surface area contributed by atoms with Crippen LogP contribution in [0.25, 0.3) is 5.57 Å². The first-order valence-corrected chi connectivity index (χ1v) is 9.42. The molecule has 0 atom stereocenters. The van der Waals surface area contributed by atoms with Gasteiger partial charge in [0.15, 0.2) is 5.78 Å². The molecular formula is C20H24Cl2O3. The molecule has 0 radical (unpaired) electrons. The third-order valence-corrected chi connectivity index (χ3v) is 4.90. The summed E-state index contributed by atoms with van der Waals surface area (Å²) in [7, 11) is 0. The molecule has 0 unspecified atom stereocenters. The Hall–Kier alpha value is -1.32. The number of allylic oxidation sites excluding steroid dienone is 2. The second-order valence-corrected chi connectivity index (χ2v) is 8.08. The van der Waals surface area contributed by atoms with Crippen molar-refractivity contribution in [3.63, 3.8) is 0 Å². The summed E-state index contributed by atoms with van der Waals surface area (Å²) in [5, 5.41) is 0.769. The van der Waals surface area contributed by atoms with Gasteiger partial charge in [-0.2, -0.15) is 0 Å². The third kappa shape index (κ3) is 5.08. The summed E-state index contributed by atoms with van der Waals surface area (Å²) >= 11 is 12.6. The van der Waals surface area contributed by atoms with E-state index in [4.69, 9.17) is 27.9 Å². The van der Waals surface area contributed by atoms with Gasteiger partial charge < -0.3 is 4.74 Å². The highest BCUT2D eigenvalue weighted by Crippen LogP contribution is 2.44. The molecule has 0 aliphatic heterocycles. The predicted molar refractivity (Wildman–Crippen MR) is 102 cm³/mol. The van der Waals surface area contributed by atoms with Gasteiger partial charge in [-0.1, -0.05) is 62.9 Å². The van der Waals surface area contributed by atoms with Crippen molar-refractivity contribution in [2.24, 2.45) is 5.41 Å². The van der Waals surface area contributed by atoms with Gasteiger partial charge in [0.1, 0.15) is 5.76 Å².